The van der Waals surface area contributed by atoms with Gasteiger partial charge in [-0.3, -0.25) is 9.03 Å². The maximum atomic E-state index is 5.23. The fourth-order valence-electron chi connectivity index (χ4n) is 7.81. The fraction of sp³-hybridized carbons (Fsp3) is 0.244. The van der Waals surface area contributed by atoms with Crippen LogP contribution in [0.2, 0.25) is 0 Å². The number of fused-ring (bicyclic) bond motifs is 12. The van der Waals surface area contributed by atoms with Gasteiger partial charge in [0.15, 0.2) is 0 Å². The van der Waals surface area contributed by atoms with Crippen LogP contribution in [0.5, 0.6) is 0 Å². The second-order valence-electron chi connectivity index (χ2n) is 14.3. The van der Waals surface area contributed by atoms with Crippen molar-refractivity contribution >= 4 is 54.6 Å². The molecule has 0 amide bonds. The van der Waals surface area contributed by atoms with Crippen LogP contribution < -0.4 is 0 Å². The summed E-state index contributed by atoms with van der Waals surface area (Å²) in [6.07, 6.45) is 4.11. The van der Waals surface area contributed by atoms with E-state index in [0.717, 1.165) is 56.6 Å². The molecule has 9 rings (SSSR count). The molecule has 3 aromatic carbocycles. The van der Waals surface area contributed by atoms with E-state index in [1.165, 1.54) is 61.3 Å². The summed E-state index contributed by atoms with van der Waals surface area (Å²) in [5.41, 5.74) is 16.7. The zero-order valence-electron chi connectivity index (χ0n) is 31.0. The summed E-state index contributed by atoms with van der Waals surface area (Å²) in [7, 11) is 0. The molecule has 6 aromatic heterocycles. The van der Waals surface area contributed by atoms with E-state index in [1.54, 1.807) is 6.20 Å². The first kappa shape index (κ1) is 35.4. The van der Waals surface area contributed by atoms with E-state index in [4.69, 9.17) is 10.1 Å². The van der Waals surface area contributed by atoms with Crippen molar-refractivity contribution in [1.29, 1.82) is 0 Å². The molecular weight excluding hydrogens is 817 g/mol. The monoisotopic (exact) mass is 859 g/mol. The van der Waals surface area contributed by atoms with Crippen LogP contribution in [0, 0.1) is 59.6 Å². The van der Waals surface area contributed by atoms with Gasteiger partial charge in [-0.25, -0.2) is 0 Å². The molecule has 0 fully saturated rings. The summed E-state index contributed by atoms with van der Waals surface area (Å²) in [6, 6.07) is 32.4. The van der Waals surface area contributed by atoms with Gasteiger partial charge in [0.25, 0.3) is 0 Å². The van der Waals surface area contributed by atoms with E-state index in [9.17, 15) is 0 Å². The quantitative estimate of drug-likeness (QED) is 0.131. The smallest absolute Gasteiger partial charge is 0.0715 e. The van der Waals surface area contributed by atoms with Gasteiger partial charge in [-0.05, 0) is 121 Å². The third kappa shape index (κ3) is 5.96. The molecule has 263 valence electrons. The fourth-order valence-corrected chi connectivity index (χ4v) is 7.81. The number of hydrogen-bond acceptors (Lipinski definition) is 4. The Balaban J connectivity index is 0.000000179. The van der Waals surface area contributed by atoms with Crippen LogP contribution in [0.15, 0.2) is 79.0 Å². The van der Waals surface area contributed by atoms with E-state index >= 15 is 0 Å². The van der Waals surface area contributed by atoms with Gasteiger partial charge < -0.3 is 9.97 Å². The molecule has 0 bridgehead atoms. The second kappa shape index (κ2) is 13.9. The molecular formula is C45H42IrN6-2. The number of aryl methyl sites for hydroxylation is 6. The number of aromatic nitrogens is 6. The maximum Gasteiger partial charge on any atom is 0.0715 e. The Hall–Kier alpha value is -4.97. The van der Waals surface area contributed by atoms with E-state index in [-0.39, 0.29) is 20.1 Å². The van der Waals surface area contributed by atoms with Gasteiger partial charge in [0.2, 0.25) is 0 Å². The van der Waals surface area contributed by atoms with Crippen LogP contribution in [0.4, 0.5) is 0 Å². The maximum absolute atomic E-state index is 5.23. The summed E-state index contributed by atoms with van der Waals surface area (Å²) in [5.74, 6) is 0.695. The Morgan fingerprint density at radius 1 is 0.692 bits per heavy atom. The first-order valence-corrected chi connectivity index (χ1v) is 17.9. The number of pyridine rings is 4. The van der Waals surface area contributed by atoms with Gasteiger partial charge in [0.1, 0.15) is 0 Å². The predicted molar refractivity (Wildman–Crippen MR) is 211 cm³/mol. The Kier molecular flexibility index (Phi) is 9.45. The summed E-state index contributed by atoms with van der Waals surface area (Å²) < 4.78 is 3.94. The first-order chi connectivity index (χ1) is 24.6. The number of nitrogens with zero attached hydrogens (tertiary/aromatic N) is 6. The average Bonchev–Trinajstić information content (AvgIpc) is 3.71. The Bertz CT molecular complexity index is 2790. The molecule has 7 heteroatoms. The zero-order valence-corrected chi connectivity index (χ0v) is 33.4. The topological polar surface area (TPSA) is 60.4 Å². The van der Waals surface area contributed by atoms with Crippen molar-refractivity contribution in [1.82, 2.24) is 29.2 Å². The molecule has 0 spiro atoms. The van der Waals surface area contributed by atoms with Crippen LogP contribution in [-0.2, 0) is 26.5 Å². The summed E-state index contributed by atoms with van der Waals surface area (Å²) in [5, 5.41) is 14.1. The van der Waals surface area contributed by atoms with Crippen molar-refractivity contribution in [3.05, 3.63) is 130 Å². The van der Waals surface area contributed by atoms with Crippen molar-refractivity contribution in [2.24, 2.45) is 5.92 Å². The van der Waals surface area contributed by atoms with Crippen LogP contribution in [0.3, 0.4) is 0 Å². The number of hydrogen-bond donors (Lipinski definition) is 0. The summed E-state index contributed by atoms with van der Waals surface area (Å²) in [4.78, 5) is 9.77. The van der Waals surface area contributed by atoms with Crippen LogP contribution >= 0.6 is 0 Å². The van der Waals surface area contributed by atoms with Crippen molar-refractivity contribution < 1.29 is 20.1 Å². The molecule has 9 aromatic rings. The van der Waals surface area contributed by atoms with Gasteiger partial charge in [0.05, 0.1) is 22.4 Å². The van der Waals surface area contributed by atoms with E-state index in [2.05, 4.69) is 124 Å². The van der Waals surface area contributed by atoms with E-state index < -0.39 is 0 Å². The second-order valence-corrected chi connectivity index (χ2v) is 14.3. The number of benzene rings is 3. The molecule has 0 aliphatic rings. The molecule has 6 heterocycles. The minimum absolute atomic E-state index is 0. The van der Waals surface area contributed by atoms with Crippen LogP contribution in [0.25, 0.3) is 65.9 Å². The standard InChI is InChI=1S/C29H30N3.C16H12N3.Ir/c1-7-17(2)13-22-14-19(4)27(20(5)15-22)24-11-12-25-29(30-24)28-18(3)9-8-10-23(28)26-16-21(6)31-32(25)26;1-10-5-3-6-12-14-9-11(2)18-19(14)13-7-4-8-17-16(13)15(10)12;/h8-11,14-17H,7,13H2,1-6H3;3-6,8-9H,1-2H3;/q2*-1;. The predicted octanol–water partition coefficient (Wildman–Crippen LogP) is 10.8. The van der Waals surface area contributed by atoms with Gasteiger partial charge in [0, 0.05) is 20.1 Å². The minimum atomic E-state index is 0. The molecule has 1 atom stereocenters. The molecule has 0 saturated heterocycles. The molecule has 0 N–H and O–H groups in total. The van der Waals surface area contributed by atoms with Crippen molar-refractivity contribution in [2.45, 2.75) is 68.2 Å². The minimum Gasteiger partial charge on any atom is -0.381 e. The molecule has 1 unspecified atom stereocenters. The Labute approximate surface area is 318 Å². The Morgan fingerprint density at radius 3 is 1.83 bits per heavy atom. The third-order valence-corrected chi connectivity index (χ3v) is 10.3. The van der Waals surface area contributed by atoms with Crippen molar-refractivity contribution in [3.63, 3.8) is 0 Å². The molecule has 6 nitrogen and oxygen atoms in total. The molecule has 0 aliphatic heterocycles. The van der Waals surface area contributed by atoms with Crippen LogP contribution in [0.1, 0.15) is 59.5 Å². The summed E-state index contributed by atoms with van der Waals surface area (Å²) in [6.45, 7) is 17.3. The van der Waals surface area contributed by atoms with Gasteiger partial charge >= 0.3 is 0 Å². The molecule has 52 heavy (non-hydrogen) atoms. The molecule has 0 aliphatic carbocycles. The largest absolute Gasteiger partial charge is 0.381 e. The van der Waals surface area contributed by atoms with E-state index in [1.807, 2.05) is 35.0 Å². The van der Waals surface area contributed by atoms with Gasteiger partial charge in [-0.15, -0.1) is 6.07 Å². The van der Waals surface area contributed by atoms with Gasteiger partial charge in [-0.1, -0.05) is 103 Å². The van der Waals surface area contributed by atoms with Crippen LogP contribution in [-0.4, -0.2) is 29.2 Å². The third-order valence-electron chi connectivity index (χ3n) is 10.3. The van der Waals surface area contributed by atoms with Crippen molar-refractivity contribution in [3.8, 4) is 11.3 Å². The molecule has 1 radical (unpaired) electrons. The molecule has 0 saturated carbocycles. The first-order valence-electron chi connectivity index (χ1n) is 17.9. The number of rotatable bonds is 4. The summed E-state index contributed by atoms with van der Waals surface area (Å²) >= 11 is 0. The van der Waals surface area contributed by atoms with Crippen molar-refractivity contribution in [2.75, 3.05) is 0 Å². The normalized spacial score (nSPS) is 12.2. The zero-order chi connectivity index (χ0) is 35.6. The Morgan fingerprint density at radius 2 is 1.25 bits per heavy atom. The average molecular weight is 859 g/mol. The SMILES string of the molecule is CCC(C)Cc1cc(C)c(-c2c[c-]c3c(n2)c2c(C)cccc2c2cc(C)nn32)c(C)c1.Cc1cc2c3cccc(C)c3c3ncc[c-]c3n2n1.[Ir]. The van der Waals surface area contributed by atoms with E-state index in [0.29, 0.717) is 5.92 Å². The van der Waals surface area contributed by atoms with Gasteiger partial charge in [-0.2, -0.15) is 28.4 Å².